The molecule has 0 aliphatic carbocycles. The highest BCUT2D eigenvalue weighted by molar-refractivity contribution is 14.0. The van der Waals surface area contributed by atoms with Gasteiger partial charge in [0.1, 0.15) is 0 Å². The smallest absolute Gasteiger partial charge is 0.191 e. The summed E-state index contributed by atoms with van der Waals surface area (Å²) in [7, 11) is 0. The minimum Gasteiger partial charge on any atom is -0.393 e. The van der Waals surface area contributed by atoms with Crippen LogP contribution in [0.4, 0.5) is 0 Å². The number of piperidine rings is 1. The molecule has 1 fully saturated rings. The molecule has 0 atom stereocenters. The van der Waals surface area contributed by atoms with Gasteiger partial charge < -0.3 is 20.5 Å². The average Bonchev–Trinajstić information content (AvgIpc) is 2.80. The lowest BCUT2D eigenvalue weighted by molar-refractivity contribution is 0.0792. The van der Waals surface area contributed by atoms with E-state index in [0.717, 1.165) is 45.0 Å². The Kier molecular flexibility index (Phi) is 12.6. The van der Waals surface area contributed by atoms with Gasteiger partial charge in [-0.15, -0.1) is 24.0 Å². The van der Waals surface area contributed by atoms with Gasteiger partial charge in [-0.25, -0.2) is 4.99 Å². The van der Waals surface area contributed by atoms with E-state index < -0.39 is 0 Å². The van der Waals surface area contributed by atoms with Crippen LogP contribution < -0.4 is 10.6 Å². The van der Waals surface area contributed by atoms with Gasteiger partial charge in [0.05, 0.1) is 25.9 Å². The van der Waals surface area contributed by atoms with Gasteiger partial charge in [-0.05, 0) is 36.5 Å². The molecule has 176 valence electrons. The van der Waals surface area contributed by atoms with Crippen molar-refractivity contribution in [2.24, 2.45) is 4.99 Å². The second-order valence-corrected chi connectivity index (χ2v) is 7.98. The lowest BCUT2D eigenvalue weighted by Gasteiger charge is -2.29. The fourth-order valence-corrected chi connectivity index (χ4v) is 3.60. The van der Waals surface area contributed by atoms with E-state index in [2.05, 4.69) is 58.9 Å². The fourth-order valence-electron chi connectivity index (χ4n) is 3.60. The van der Waals surface area contributed by atoms with E-state index in [1.54, 1.807) is 0 Å². The fraction of sp³-hybridized carbons (Fsp3) is 0.480. The first-order valence-electron chi connectivity index (χ1n) is 11.3. The van der Waals surface area contributed by atoms with Crippen molar-refractivity contribution in [2.45, 2.75) is 45.6 Å². The van der Waals surface area contributed by atoms with Crippen LogP contribution in [0.3, 0.4) is 0 Å². The van der Waals surface area contributed by atoms with Gasteiger partial charge in [0.2, 0.25) is 0 Å². The van der Waals surface area contributed by atoms with Gasteiger partial charge in [-0.1, -0.05) is 54.6 Å². The number of guanidine groups is 1. The maximum atomic E-state index is 9.64. The molecule has 0 amide bonds. The van der Waals surface area contributed by atoms with Crippen LogP contribution in [0, 0.1) is 0 Å². The molecule has 1 saturated heterocycles. The van der Waals surface area contributed by atoms with Gasteiger partial charge in [0.25, 0.3) is 0 Å². The van der Waals surface area contributed by atoms with Crippen LogP contribution in [0.1, 0.15) is 36.5 Å². The van der Waals surface area contributed by atoms with E-state index in [-0.39, 0.29) is 30.1 Å². The number of aliphatic imine (C=N–C) groups is 1. The number of halogens is 1. The van der Waals surface area contributed by atoms with Gasteiger partial charge in [0.15, 0.2) is 5.96 Å². The molecule has 6 nitrogen and oxygen atoms in total. The molecule has 0 bridgehead atoms. The average molecular weight is 553 g/mol. The number of aliphatic hydroxyl groups excluding tert-OH is 1. The second-order valence-electron chi connectivity index (χ2n) is 7.98. The van der Waals surface area contributed by atoms with E-state index in [1.165, 1.54) is 16.7 Å². The Morgan fingerprint density at radius 2 is 1.69 bits per heavy atom. The third-order valence-electron chi connectivity index (χ3n) is 5.40. The molecule has 0 unspecified atom stereocenters. The number of ether oxygens (including phenoxy) is 1. The number of rotatable bonds is 10. The van der Waals surface area contributed by atoms with Crippen molar-refractivity contribution in [1.29, 1.82) is 0 Å². The van der Waals surface area contributed by atoms with E-state index in [1.807, 2.05) is 18.2 Å². The number of likely N-dealkylation sites (tertiary alicyclic amines) is 1. The molecule has 0 saturated carbocycles. The quantitative estimate of drug-likeness (QED) is 0.182. The summed E-state index contributed by atoms with van der Waals surface area (Å²) < 4.78 is 5.73. The zero-order valence-corrected chi connectivity index (χ0v) is 21.3. The molecule has 0 aromatic heterocycles. The summed E-state index contributed by atoms with van der Waals surface area (Å²) in [5.74, 6) is 0.807. The van der Waals surface area contributed by atoms with Crippen LogP contribution in [0.25, 0.3) is 0 Å². The van der Waals surface area contributed by atoms with Gasteiger partial charge >= 0.3 is 0 Å². The molecule has 2 aromatic rings. The standard InChI is InChI=1S/C25H36N4O2.HI/c1-2-26-25(27-14-17-31-20-23-6-4-3-5-7-23)28-18-21-8-10-22(11-9-21)19-29-15-12-24(30)13-16-29;/h3-11,24,30H,2,12-20H2,1H3,(H2,26,27,28);1H. The van der Waals surface area contributed by atoms with Crippen LogP contribution >= 0.6 is 24.0 Å². The van der Waals surface area contributed by atoms with Crippen LogP contribution in [0.2, 0.25) is 0 Å². The Hall–Kier alpha value is -1.68. The predicted octanol–water partition coefficient (Wildman–Crippen LogP) is 3.53. The molecule has 0 radical (unpaired) electrons. The maximum absolute atomic E-state index is 9.64. The molecule has 0 spiro atoms. The highest BCUT2D eigenvalue weighted by atomic mass is 127. The van der Waals surface area contributed by atoms with Crippen molar-refractivity contribution in [1.82, 2.24) is 15.5 Å². The Morgan fingerprint density at radius 3 is 2.38 bits per heavy atom. The van der Waals surface area contributed by atoms with Crippen molar-refractivity contribution in [2.75, 3.05) is 32.8 Å². The lowest BCUT2D eigenvalue weighted by Crippen LogP contribution is -2.38. The molecule has 3 rings (SSSR count). The van der Waals surface area contributed by atoms with Gasteiger partial charge in [-0.3, -0.25) is 4.90 Å². The molecule has 1 aliphatic rings. The Labute approximate surface area is 209 Å². The van der Waals surface area contributed by atoms with Crippen LogP contribution in [0.15, 0.2) is 59.6 Å². The van der Waals surface area contributed by atoms with E-state index in [0.29, 0.717) is 26.3 Å². The van der Waals surface area contributed by atoms with Crippen LogP contribution in [-0.2, 0) is 24.4 Å². The molecule has 32 heavy (non-hydrogen) atoms. The topological polar surface area (TPSA) is 69.1 Å². The molecular formula is C25H37IN4O2. The maximum Gasteiger partial charge on any atom is 0.191 e. The highest BCUT2D eigenvalue weighted by Crippen LogP contribution is 2.14. The zero-order chi connectivity index (χ0) is 21.7. The first kappa shape index (κ1) is 26.6. The largest absolute Gasteiger partial charge is 0.393 e. The Morgan fingerprint density at radius 1 is 1.00 bits per heavy atom. The number of nitrogens with one attached hydrogen (secondary N) is 2. The lowest BCUT2D eigenvalue weighted by atomic mass is 10.1. The van der Waals surface area contributed by atoms with E-state index >= 15 is 0 Å². The number of hydrogen-bond acceptors (Lipinski definition) is 4. The summed E-state index contributed by atoms with van der Waals surface area (Å²) in [4.78, 5) is 7.10. The summed E-state index contributed by atoms with van der Waals surface area (Å²) >= 11 is 0. The number of hydrogen-bond donors (Lipinski definition) is 3. The second kappa shape index (κ2) is 15.2. The zero-order valence-electron chi connectivity index (χ0n) is 19.0. The summed E-state index contributed by atoms with van der Waals surface area (Å²) in [6, 6.07) is 18.9. The first-order valence-corrected chi connectivity index (χ1v) is 11.3. The Bertz CT molecular complexity index is 778. The monoisotopic (exact) mass is 552 g/mol. The molecule has 3 N–H and O–H groups in total. The third-order valence-corrected chi connectivity index (χ3v) is 5.40. The number of benzene rings is 2. The molecule has 2 aromatic carbocycles. The van der Waals surface area contributed by atoms with Crippen molar-refractivity contribution in [3.8, 4) is 0 Å². The number of aliphatic hydroxyl groups is 1. The summed E-state index contributed by atoms with van der Waals surface area (Å²) in [6.45, 7) is 8.38. The van der Waals surface area contributed by atoms with E-state index in [9.17, 15) is 5.11 Å². The van der Waals surface area contributed by atoms with Crippen molar-refractivity contribution < 1.29 is 9.84 Å². The van der Waals surface area contributed by atoms with Crippen LogP contribution in [-0.4, -0.2) is 54.9 Å². The first-order chi connectivity index (χ1) is 15.2. The summed E-state index contributed by atoms with van der Waals surface area (Å²) in [5.41, 5.74) is 3.68. The minimum atomic E-state index is -0.119. The number of nitrogens with zero attached hydrogens (tertiary/aromatic N) is 2. The molecule has 1 aliphatic heterocycles. The Balaban J connectivity index is 0.00000363. The van der Waals surface area contributed by atoms with Crippen molar-refractivity contribution >= 4 is 29.9 Å². The normalized spacial score (nSPS) is 15.2. The third kappa shape index (κ3) is 9.85. The summed E-state index contributed by atoms with van der Waals surface area (Å²) in [5, 5.41) is 16.3. The van der Waals surface area contributed by atoms with Gasteiger partial charge in [0, 0.05) is 32.7 Å². The van der Waals surface area contributed by atoms with Gasteiger partial charge in [-0.2, -0.15) is 0 Å². The molecular weight excluding hydrogens is 515 g/mol. The summed E-state index contributed by atoms with van der Waals surface area (Å²) in [6.07, 6.45) is 1.64. The minimum absolute atomic E-state index is 0. The molecule has 7 heteroatoms. The van der Waals surface area contributed by atoms with Crippen molar-refractivity contribution in [3.63, 3.8) is 0 Å². The van der Waals surface area contributed by atoms with Crippen LogP contribution in [0.5, 0.6) is 0 Å². The van der Waals surface area contributed by atoms with E-state index in [4.69, 9.17) is 9.73 Å². The SMILES string of the molecule is CCNC(=NCc1ccc(CN2CCC(O)CC2)cc1)NCCOCc1ccccc1.I. The highest BCUT2D eigenvalue weighted by Gasteiger charge is 2.16. The van der Waals surface area contributed by atoms with Crippen molar-refractivity contribution in [3.05, 3.63) is 71.3 Å². The molecule has 1 heterocycles. The predicted molar refractivity (Wildman–Crippen MR) is 141 cm³/mol.